The summed E-state index contributed by atoms with van der Waals surface area (Å²) in [5, 5.41) is 17.6. The zero-order valence-electron chi connectivity index (χ0n) is 15.3. The van der Waals surface area contributed by atoms with Crippen molar-refractivity contribution in [1.82, 2.24) is 19.7 Å². The van der Waals surface area contributed by atoms with Gasteiger partial charge in [0.25, 0.3) is 5.91 Å². The van der Waals surface area contributed by atoms with E-state index < -0.39 is 17.7 Å². The molecule has 1 aromatic carbocycles. The molecule has 0 saturated carbocycles. The van der Waals surface area contributed by atoms with Crippen LogP contribution in [0.1, 0.15) is 26.3 Å². The van der Waals surface area contributed by atoms with Crippen molar-refractivity contribution in [3.63, 3.8) is 0 Å². The number of likely N-dealkylation sites (tertiary alicyclic amines) is 1. The van der Waals surface area contributed by atoms with Gasteiger partial charge in [0, 0.05) is 24.7 Å². The van der Waals surface area contributed by atoms with Gasteiger partial charge in [-0.05, 0) is 43.5 Å². The summed E-state index contributed by atoms with van der Waals surface area (Å²) in [6.07, 6.45) is -3.16. The van der Waals surface area contributed by atoms with Gasteiger partial charge in [0.05, 0.1) is 0 Å². The van der Waals surface area contributed by atoms with E-state index in [1.165, 1.54) is 18.5 Å². The number of amides is 1. The van der Waals surface area contributed by atoms with Crippen LogP contribution in [0.3, 0.4) is 0 Å². The monoisotopic (exact) mass is 400 g/mol. The summed E-state index contributed by atoms with van der Waals surface area (Å²) < 4.78 is 53.8. The summed E-state index contributed by atoms with van der Waals surface area (Å²) in [4.78, 5) is 13.3. The zero-order chi connectivity index (χ0) is 20.7. The van der Waals surface area contributed by atoms with Gasteiger partial charge in [-0.15, -0.1) is 10.2 Å². The fourth-order valence-corrected chi connectivity index (χ4v) is 3.45. The summed E-state index contributed by atoms with van der Waals surface area (Å²) in [6.45, 7) is 2.39. The third-order valence-corrected chi connectivity index (χ3v) is 5.15. The van der Waals surface area contributed by atoms with Crippen LogP contribution in [-0.4, -0.2) is 55.5 Å². The third-order valence-electron chi connectivity index (χ3n) is 5.15. The molecule has 0 spiro atoms. The van der Waals surface area contributed by atoms with Crippen molar-refractivity contribution in [3.8, 4) is 11.4 Å². The quantitative estimate of drug-likeness (QED) is 0.805. The highest BCUT2D eigenvalue weighted by atomic mass is 19.4. The Bertz CT molecular complexity index is 848. The van der Waals surface area contributed by atoms with Crippen LogP contribution >= 0.6 is 0 Å². The molecule has 6 nitrogen and oxygen atoms in total. The largest absolute Gasteiger partial charge is 0.426 e. The Morgan fingerprint density at radius 1 is 1.25 bits per heavy atom. The minimum Gasteiger partial charge on any atom is -0.373 e. The number of carbonyl (C=O) groups is 1. The van der Waals surface area contributed by atoms with Crippen LogP contribution in [0.25, 0.3) is 11.4 Å². The summed E-state index contributed by atoms with van der Waals surface area (Å²) in [5.41, 5.74) is -2.76. The van der Waals surface area contributed by atoms with Crippen LogP contribution in [0.5, 0.6) is 0 Å². The topological polar surface area (TPSA) is 71.2 Å². The molecule has 1 saturated heterocycles. The van der Waals surface area contributed by atoms with Crippen LogP contribution < -0.4 is 0 Å². The van der Waals surface area contributed by atoms with Gasteiger partial charge >= 0.3 is 6.18 Å². The highest BCUT2D eigenvalue weighted by Gasteiger charge is 2.57. The number of hydrogen-bond acceptors (Lipinski definition) is 4. The molecule has 3 atom stereocenters. The molecule has 1 fully saturated rings. The Morgan fingerprint density at radius 2 is 1.89 bits per heavy atom. The lowest BCUT2D eigenvalue weighted by Gasteiger charge is -2.40. The highest BCUT2D eigenvalue weighted by Crippen LogP contribution is 2.36. The second kappa shape index (κ2) is 7.16. The van der Waals surface area contributed by atoms with E-state index in [9.17, 15) is 27.5 Å². The normalized spacial score (nSPS) is 22.8. The fourth-order valence-electron chi connectivity index (χ4n) is 3.45. The first-order valence-electron chi connectivity index (χ1n) is 8.76. The van der Waals surface area contributed by atoms with Gasteiger partial charge in [-0.25, -0.2) is 4.39 Å². The van der Waals surface area contributed by atoms with Gasteiger partial charge in [-0.3, -0.25) is 4.79 Å². The van der Waals surface area contributed by atoms with E-state index in [1.54, 1.807) is 23.6 Å². The van der Waals surface area contributed by atoms with Crippen LogP contribution in [0, 0.1) is 11.7 Å². The molecule has 1 aliphatic heterocycles. The first-order chi connectivity index (χ1) is 13.0. The standard InChI is InChI=1S/C18H20F4N4O2/c1-11-9-25(16(27)17(2,28)18(20,21)22)8-7-14(11)26-10-23-24-15(26)12-3-5-13(19)6-4-12/h3-6,10-11,14,28H,7-9H2,1-2H3/t11-,14?,17-/m1/s1. The third kappa shape index (κ3) is 3.60. The van der Waals surface area contributed by atoms with Crippen molar-refractivity contribution in [3.05, 3.63) is 36.4 Å². The molecule has 10 heteroatoms. The Hall–Kier alpha value is -2.49. The van der Waals surface area contributed by atoms with Gasteiger partial charge in [-0.1, -0.05) is 6.92 Å². The lowest BCUT2D eigenvalue weighted by Crippen LogP contribution is -2.58. The maximum Gasteiger partial charge on any atom is 0.426 e. The molecule has 28 heavy (non-hydrogen) atoms. The molecule has 2 aromatic rings. The SMILES string of the molecule is C[C@@H]1CN(C(=O)[C@@](C)(O)C(F)(F)F)CCC1n1cnnc1-c1ccc(F)cc1. The highest BCUT2D eigenvalue weighted by molar-refractivity contribution is 5.85. The van der Waals surface area contributed by atoms with Crippen molar-refractivity contribution >= 4 is 5.91 Å². The van der Waals surface area contributed by atoms with Crippen molar-refractivity contribution < 1.29 is 27.5 Å². The van der Waals surface area contributed by atoms with Crippen LogP contribution in [0.4, 0.5) is 17.6 Å². The van der Waals surface area contributed by atoms with Crippen molar-refractivity contribution in [2.45, 2.75) is 38.1 Å². The van der Waals surface area contributed by atoms with E-state index in [0.717, 1.165) is 4.90 Å². The number of piperidine rings is 1. The fraction of sp³-hybridized carbons (Fsp3) is 0.500. The van der Waals surface area contributed by atoms with Crippen LogP contribution in [0.2, 0.25) is 0 Å². The molecule has 152 valence electrons. The summed E-state index contributed by atoms with van der Waals surface area (Å²) >= 11 is 0. The Morgan fingerprint density at radius 3 is 2.46 bits per heavy atom. The number of benzene rings is 1. The van der Waals surface area contributed by atoms with E-state index in [1.807, 2.05) is 0 Å². The number of rotatable bonds is 3. The van der Waals surface area contributed by atoms with E-state index in [-0.39, 0.29) is 30.9 Å². The van der Waals surface area contributed by atoms with Crippen molar-refractivity contribution in [2.75, 3.05) is 13.1 Å². The predicted molar refractivity (Wildman–Crippen MR) is 91.5 cm³/mol. The summed E-state index contributed by atoms with van der Waals surface area (Å²) in [7, 11) is 0. The number of aromatic nitrogens is 3. The molecule has 0 aliphatic carbocycles. The van der Waals surface area contributed by atoms with Gasteiger partial charge in [0.15, 0.2) is 5.82 Å². The Kier molecular flexibility index (Phi) is 5.18. The summed E-state index contributed by atoms with van der Waals surface area (Å²) in [5.74, 6) is -1.43. The van der Waals surface area contributed by atoms with Gasteiger partial charge < -0.3 is 14.6 Å². The minimum atomic E-state index is -5.05. The zero-order valence-corrected chi connectivity index (χ0v) is 15.3. The first kappa shape index (κ1) is 20.2. The number of halogens is 4. The number of nitrogens with zero attached hydrogens (tertiary/aromatic N) is 4. The molecule has 1 N–H and O–H groups in total. The summed E-state index contributed by atoms with van der Waals surface area (Å²) in [6, 6.07) is 5.59. The van der Waals surface area contributed by atoms with E-state index >= 15 is 0 Å². The molecular weight excluding hydrogens is 380 g/mol. The van der Waals surface area contributed by atoms with E-state index in [2.05, 4.69) is 10.2 Å². The average Bonchev–Trinajstić information content (AvgIpc) is 3.10. The Labute approximate surface area is 158 Å². The van der Waals surface area contributed by atoms with Gasteiger partial charge in [0.2, 0.25) is 5.60 Å². The second-order valence-electron chi connectivity index (χ2n) is 7.22. The second-order valence-corrected chi connectivity index (χ2v) is 7.22. The predicted octanol–water partition coefficient (Wildman–Crippen LogP) is 2.81. The smallest absolute Gasteiger partial charge is 0.373 e. The van der Waals surface area contributed by atoms with Crippen molar-refractivity contribution in [1.29, 1.82) is 0 Å². The average molecular weight is 400 g/mol. The van der Waals surface area contributed by atoms with Crippen LogP contribution in [-0.2, 0) is 4.79 Å². The van der Waals surface area contributed by atoms with Crippen LogP contribution in [0.15, 0.2) is 30.6 Å². The number of aliphatic hydroxyl groups is 1. The number of hydrogen-bond donors (Lipinski definition) is 1. The lowest BCUT2D eigenvalue weighted by molar-refractivity contribution is -0.251. The van der Waals surface area contributed by atoms with Crippen molar-refractivity contribution in [2.24, 2.45) is 5.92 Å². The molecule has 3 rings (SSSR count). The van der Waals surface area contributed by atoms with E-state index in [0.29, 0.717) is 24.7 Å². The number of alkyl halides is 3. The molecule has 0 radical (unpaired) electrons. The first-order valence-corrected chi connectivity index (χ1v) is 8.76. The minimum absolute atomic E-state index is 0.0523. The molecular formula is C18H20F4N4O2. The van der Waals surface area contributed by atoms with E-state index in [4.69, 9.17) is 0 Å². The maximum absolute atomic E-state index is 13.2. The number of carbonyl (C=O) groups excluding carboxylic acids is 1. The van der Waals surface area contributed by atoms with Gasteiger partial charge in [-0.2, -0.15) is 13.2 Å². The molecule has 1 amide bonds. The Balaban J connectivity index is 1.78. The molecule has 1 aliphatic rings. The molecule has 1 aromatic heterocycles. The lowest BCUT2D eigenvalue weighted by atomic mass is 9.91. The molecule has 0 bridgehead atoms. The molecule has 2 heterocycles. The molecule has 1 unspecified atom stereocenters. The van der Waals surface area contributed by atoms with Gasteiger partial charge in [0.1, 0.15) is 12.1 Å². The maximum atomic E-state index is 13.2.